The summed E-state index contributed by atoms with van der Waals surface area (Å²) in [7, 11) is -5.69. The van der Waals surface area contributed by atoms with Crippen molar-refractivity contribution in [2.24, 2.45) is 0 Å². The highest BCUT2D eigenvalue weighted by Crippen LogP contribution is 2.42. The van der Waals surface area contributed by atoms with Crippen LogP contribution < -0.4 is 0 Å². The Bertz CT molecular complexity index is 760. The number of sulfone groups is 1. The average molecular weight is 412 g/mol. The van der Waals surface area contributed by atoms with Crippen LogP contribution in [-0.4, -0.2) is 63.3 Å². The molecule has 27 heavy (non-hydrogen) atoms. The van der Waals surface area contributed by atoms with Gasteiger partial charge in [-0.15, -0.1) is 0 Å². The first-order valence-electron chi connectivity index (χ1n) is 9.84. The van der Waals surface area contributed by atoms with Crippen molar-refractivity contribution in [3.8, 4) is 0 Å². The lowest BCUT2D eigenvalue weighted by molar-refractivity contribution is 0.0304. The summed E-state index contributed by atoms with van der Waals surface area (Å²) in [6, 6.07) is 8.24. The van der Waals surface area contributed by atoms with Crippen LogP contribution in [-0.2, 0) is 14.3 Å². The first kappa shape index (κ1) is 21.0. The van der Waals surface area contributed by atoms with Crippen molar-refractivity contribution in [1.29, 1.82) is 0 Å². The molecule has 0 saturated carbocycles. The molecule has 1 N–H and O–H groups in total. The number of nitrogens with zero attached hydrogens (tertiary/aromatic N) is 1. The molecule has 0 aromatic heterocycles. The molecule has 2 aliphatic rings. The highest BCUT2D eigenvalue weighted by atomic mass is 32.2. The van der Waals surface area contributed by atoms with Gasteiger partial charge in [0.2, 0.25) is 0 Å². The number of rotatable bonds is 4. The second-order valence-electron chi connectivity index (χ2n) is 9.41. The predicted molar refractivity (Wildman–Crippen MR) is 110 cm³/mol. The number of benzene rings is 1. The van der Waals surface area contributed by atoms with Gasteiger partial charge in [0.15, 0.2) is 18.2 Å². The highest BCUT2D eigenvalue weighted by Gasteiger charge is 2.53. The molecule has 0 radical (unpaired) electrons. The van der Waals surface area contributed by atoms with Crippen LogP contribution in [0.1, 0.15) is 33.6 Å². The molecule has 2 heterocycles. The molecule has 2 fully saturated rings. The maximum atomic E-state index is 13.4. The lowest BCUT2D eigenvalue weighted by atomic mass is 9.97. The fraction of sp³-hybridized carbons (Fsp3) is 0.700. The fourth-order valence-electron chi connectivity index (χ4n) is 4.06. The van der Waals surface area contributed by atoms with Crippen molar-refractivity contribution in [3.05, 3.63) is 30.3 Å². The third-order valence-corrected chi connectivity index (χ3v) is 13.4. The molecule has 5 nitrogen and oxygen atoms in total. The topological polar surface area (TPSA) is 66.8 Å². The minimum absolute atomic E-state index is 0.0570. The first-order valence-corrected chi connectivity index (χ1v) is 14.3. The third-order valence-electron chi connectivity index (χ3n) is 6.61. The van der Waals surface area contributed by atoms with Crippen LogP contribution in [0.3, 0.4) is 0 Å². The van der Waals surface area contributed by atoms with E-state index in [1.54, 1.807) is 24.3 Å². The number of hydrogen-bond donors (Lipinski definition) is 1. The second-order valence-corrected chi connectivity index (χ2v) is 16.3. The summed E-state index contributed by atoms with van der Waals surface area (Å²) >= 11 is 0. The van der Waals surface area contributed by atoms with E-state index < -0.39 is 29.5 Å². The molecule has 0 spiro atoms. The van der Waals surface area contributed by atoms with Gasteiger partial charge in [-0.25, -0.2) is 8.42 Å². The Balaban J connectivity index is 1.96. The van der Waals surface area contributed by atoms with Gasteiger partial charge in [-0.1, -0.05) is 39.0 Å². The molecule has 0 unspecified atom stereocenters. The summed E-state index contributed by atoms with van der Waals surface area (Å²) < 4.78 is 33.5. The molecule has 4 atom stereocenters. The van der Waals surface area contributed by atoms with Crippen molar-refractivity contribution in [3.63, 3.8) is 0 Å². The molecular formula is C20H33NO4SSi. The lowest BCUT2D eigenvalue weighted by Crippen LogP contribution is -2.60. The van der Waals surface area contributed by atoms with E-state index in [0.29, 0.717) is 6.42 Å². The van der Waals surface area contributed by atoms with E-state index in [9.17, 15) is 13.5 Å². The maximum absolute atomic E-state index is 13.4. The van der Waals surface area contributed by atoms with Gasteiger partial charge >= 0.3 is 0 Å². The fourth-order valence-corrected chi connectivity index (χ4v) is 7.54. The summed E-state index contributed by atoms with van der Waals surface area (Å²) in [6.07, 6.45) is 0.300. The Kier molecular flexibility index (Phi) is 5.64. The van der Waals surface area contributed by atoms with E-state index in [0.717, 1.165) is 19.5 Å². The second kappa shape index (κ2) is 7.26. The van der Waals surface area contributed by atoms with Gasteiger partial charge in [-0.2, -0.15) is 0 Å². The zero-order valence-corrected chi connectivity index (χ0v) is 18.9. The monoisotopic (exact) mass is 411 g/mol. The summed E-state index contributed by atoms with van der Waals surface area (Å²) in [6.45, 7) is 12.5. The molecule has 7 heteroatoms. The molecular weight excluding hydrogens is 378 g/mol. The van der Waals surface area contributed by atoms with E-state index in [1.165, 1.54) is 0 Å². The van der Waals surface area contributed by atoms with Crippen molar-refractivity contribution < 1.29 is 18.0 Å². The molecule has 0 aliphatic carbocycles. The van der Waals surface area contributed by atoms with Crippen LogP contribution in [0.5, 0.6) is 0 Å². The van der Waals surface area contributed by atoms with E-state index in [2.05, 4.69) is 38.8 Å². The van der Waals surface area contributed by atoms with Gasteiger partial charge in [-0.05, 0) is 43.1 Å². The van der Waals surface area contributed by atoms with E-state index in [4.69, 9.17) is 4.43 Å². The minimum atomic E-state index is -3.65. The molecule has 0 amide bonds. The predicted octanol–water partition coefficient (Wildman–Crippen LogP) is 3.06. The average Bonchev–Trinajstić information content (AvgIpc) is 2.96. The number of aliphatic hydroxyl groups excluding tert-OH is 1. The zero-order chi connectivity index (χ0) is 20.0. The number of hydrogen-bond acceptors (Lipinski definition) is 5. The molecule has 0 bridgehead atoms. The number of aliphatic hydroxyl groups is 1. The van der Waals surface area contributed by atoms with Crippen LogP contribution in [0.2, 0.25) is 18.1 Å². The van der Waals surface area contributed by atoms with Crippen LogP contribution in [0.4, 0.5) is 0 Å². The maximum Gasteiger partial charge on any atom is 0.192 e. The Morgan fingerprint density at radius 1 is 1.11 bits per heavy atom. The number of piperidine rings is 1. The summed E-state index contributed by atoms with van der Waals surface area (Å²) in [4.78, 5) is 2.50. The van der Waals surface area contributed by atoms with Crippen LogP contribution in [0, 0.1) is 0 Å². The molecule has 3 rings (SSSR count). The van der Waals surface area contributed by atoms with Gasteiger partial charge in [0.25, 0.3) is 0 Å². The third kappa shape index (κ3) is 3.89. The van der Waals surface area contributed by atoms with Gasteiger partial charge in [0.05, 0.1) is 23.1 Å². The minimum Gasteiger partial charge on any atom is -0.412 e. The molecule has 152 valence electrons. The Morgan fingerprint density at radius 2 is 1.70 bits per heavy atom. The molecule has 1 aromatic carbocycles. The Morgan fingerprint density at radius 3 is 2.30 bits per heavy atom. The molecule has 2 saturated heterocycles. The van der Waals surface area contributed by atoms with Crippen LogP contribution >= 0.6 is 0 Å². The summed E-state index contributed by atoms with van der Waals surface area (Å²) in [5, 5.41) is 9.95. The number of fused-ring (bicyclic) bond motifs is 1. The highest BCUT2D eigenvalue weighted by molar-refractivity contribution is 7.92. The van der Waals surface area contributed by atoms with Crippen LogP contribution in [0.25, 0.3) is 0 Å². The van der Waals surface area contributed by atoms with Gasteiger partial charge in [0, 0.05) is 13.1 Å². The van der Waals surface area contributed by atoms with Gasteiger partial charge < -0.3 is 9.53 Å². The smallest absolute Gasteiger partial charge is 0.192 e. The SMILES string of the molecule is CC(C)(C)[Si](C)(C)O[C@@H]1CCN2CC[C@@H](O)[C@@H](S(=O)(=O)c3ccccc3)[C@H]12. The van der Waals surface area contributed by atoms with E-state index in [-0.39, 0.29) is 22.1 Å². The zero-order valence-electron chi connectivity index (χ0n) is 17.1. The molecule has 2 aliphatic heterocycles. The van der Waals surface area contributed by atoms with Crippen molar-refractivity contribution >= 4 is 18.2 Å². The van der Waals surface area contributed by atoms with Crippen molar-refractivity contribution in [1.82, 2.24) is 4.90 Å². The largest absolute Gasteiger partial charge is 0.412 e. The summed E-state index contributed by atoms with van der Waals surface area (Å²) in [5.41, 5.74) is 0. The van der Waals surface area contributed by atoms with E-state index >= 15 is 0 Å². The lowest BCUT2D eigenvalue weighted by Gasteiger charge is -2.45. The Labute approximate surface area is 164 Å². The van der Waals surface area contributed by atoms with Crippen molar-refractivity contribution in [2.45, 2.75) is 80.1 Å². The standard InChI is InChI=1S/C20H33NO4SSi/c1-20(2,3)27(4,5)25-17-12-14-21-13-11-16(22)19(18(17)21)26(23,24)15-9-7-6-8-10-15/h6-10,16-19,22H,11-14H2,1-5H3/t16-,17-,18+,19-/m1/s1. The molecule has 1 aromatic rings. The van der Waals surface area contributed by atoms with Crippen LogP contribution in [0.15, 0.2) is 35.2 Å². The Hall–Kier alpha value is -0.733. The normalized spacial score (nSPS) is 30.3. The first-order chi connectivity index (χ1) is 12.4. The van der Waals surface area contributed by atoms with Gasteiger partial charge in [-0.3, -0.25) is 4.90 Å². The van der Waals surface area contributed by atoms with Gasteiger partial charge in [0.1, 0.15) is 5.25 Å². The summed E-state index contributed by atoms with van der Waals surface area (Å²) in [5.74, 6) is 0. The van der Waals surface area contributed by atoms with E-state index in [1.807, 2.05) is 6.07 Å². The quantitative estimate of drug-likeness (QED) is 0.772. The van der Waals surface area contributed by atoms with Crippen molar-refractivity contribution in [2.75, 3.05) is 13.1 Å².